The van der Waals surface area contributed by atoms with Crippen LogP contribution in [-0.4, -0.2) is 93.5 Å². The van der Waals surface area contributed by atoms with E-state index in [2.05, 4.69) is 34.5 Å². The lowest BCUT2D eigenvalue weighted by atomic mass is 9.93. The molecule has 0 atom stereocenters. The Morgan fingerprint density at radius 3 is 2.17 bits per heavy atom. The number of fused-ring (bicyclic) bond motifs is 1. The number of likely N-dealkylation sites (tertiary alicyclic amines) is 2. The number of nitrogens with zero attached hydrogens (tertiary/aromatic N) is 6. The van der Waals surface area contributed by atoms with Gasteiger partial charge in [0.25, 0.3) is 6.47 Å². The Bertz CT molecular complexity index is 1580. The number of carbonyl (C=O) groups is 1. The summed E-state index contributed by atoms with van der Waals surface area (Å²) in [5.74, 6) is 2.88. The number of anilines is 1. The van der Waals surface area contributed by atoms with Crippen molar-refractivity contribution in [1.82, 2.24) is 34.9 Å². The van der Waals surface area contributed by atoms with E-state index >= 15 is 0 Å². The summed E-state index contributed by atoms with van der Waals surface area (Å²) in [6.45, 7) is 14.2. The highest BCUT2D eigenvalue weighted by Gasteiger charge is 2.31. The molecule has 2 aromatic carbocycles. The van der Waals surface area contributed by atoms with Crippen LogP contribution in [0, 0.1) is 5.92 Å². The van der Waals surface area contributed by atoms with Crippen molar-refractivity contribution in [3.8, 4) is 22.8 Å². The van der Waals surface area contributed by atoms with Crippen LogP contribution in [0.25, 0.3) is 22.3 Å². The maximum absolute atomic E-state index is 9.60. The van der Waals surface area contributed by atoms with Gasteiger partial charge in [-0.15, -0.1) is 0 Å². The predicted octanol–water partition coefficient (Wildman–Crippen LogP) is 5.15. The maximum Gasteiger partial charge on any atom is 0.293 e. The normalized spacial score (nSPS) is 18.7. The lowest BCUT2D eigenvalue weighted by Gasteiger charge is -2.43. The van der Waals surface area contributed by atoms with E-state index in [1.807, 2.05) is 75.4 Å². The average molecular weight is 641 g/mol. The van der Waals surface area contributed by atoms with Crippen molar-refractivity contribution in [2.45, 2.75) is 64.1 Å². The molecule has 0 amide bonds. The Morgan fingerprint density at radius 2 is 1.57 bits per heavy atom. The first kappa shape index (κ1) is 32.9. The van der Waals surface area contributed by atoms with Crippen LogP contribution in [-0.2, 0) is 9.53 Å². The zero-order valence-electron chi connectivity index (χ0n) is 27.8. The monoisotopic (exact) mass is 640 g/mol. The highest BCUT2D eigenvalue weighted by molar-refractivity contribution is 5.98. The Kier molecular flexibility index (Phi) is 10.3. The molecular formula is C36H48N8O3. The summed E-state index contributed by atoms with van der Waals surface area (Å²) in [6.07, 6.45) is 6.34. The molecule has 7 rings (SSSR count). The standard InChI is InChI=1S/C31H38N8O.C5H10O2/c32-30-28-29(23-6-8-27(9-7-23)40-26-4-2-1-3-5-26)36-39(31(28)35-21-34-30)24-12-14-37(15-13-24)20-22-10-16-38(17-11-22)25-18-33-19-25;1-5(2,3)7-4-6/h1-9,21-22,24-25,33H,10-20H2,(H2,32,34,35);4H,1-3H3. The van der Waals surface area contributed by atoms with Gasteiger partial charge >= 0.3 is 0 Å². The molecule has 47 heavy (non-hydrogen) atoms. The third kappa shape index (κ3) is 8.27. The summed E-state index contributed by atoms with van der Waals surface area (Å²) < 4.78 is 12.6. The first-order chi connectivity index (χ1) is 22.8. The third-order valence-corrected chi connectivity index (χ3v) is 9.37. The number of hydrogen-bond donors (Lipinski definition) is 2. The van der Waals surface area contributed by atoms with E-state index < -0.39 is 0 Å². The fourth-order valence-corrected chi connectivity index (χ4v) is 6.65. The molecule has 0 spiro atoms. The van der Waals surface area contributed by atoms with Crippen molar-refractivity contribution in [2.24, 2.45) is 5.92 Å². The molecule has 3 N–H and O–H groups in total. The number of rotatable bonds is 8. The Labute approximate surface area is 277 Å². The fraction of sp³-hybridized carbons (Fsp3) is 0.500. The predicted molar refractivity (Wildman–Crippen MR) is 184 cm³/mol. The summed E-state index contributed by atoms with van der Waals surface area (Å²) in [5.41, 5.74) is 8.70. The molecule has 11 heteroatoms. The fourth-order valence-electron chi connectivity index (χ4n) is 6.65. The molecule has 3 aliphatic rings. The van der Waals surface area contributed by atoms with Gasteiger partial charge in [0, 0.05) is 44.3 Å². The van der Waals surface area contributed by atoms with Gasteiger partial charge < -0.3 is 25.4 Å². The Morgan fingerprint density at radius 1 is 0.894 bits per heavy atom. The molecule has 250 valence electrons. The van der Waals surface area contributed by atoms with Crippen LogP contribution in [0.15, 0.2) is 60.9 Å². The van der Waals surface area contributed by atoms with Crippen molar-refractivity contribution in [3.05, 3.63) is 60.9 Å². The van der Waals surface area contributed by atoms with Crippen LogP contribution >= 0.6 is 0 Å². The highest BCUT2D eigenvalue weighted by atomic mass is 16.5. The van der Waals surface area contributed by atoms with Gasteiger partial charge in [-0.3, -0.25) is 9.69 Å². The second kappa shape index (κ2) is 14.8. The summed E-state index contributed by atoms with van der Waals surface area (Å²) in [7, 11) is 0. The minimum Gasteiger partial charge on any atom is -0.462 e. The number of carbonyl (C=O) groups excluding carboxylic acids is 1. The van der Waals surface area contributed by atoms with E-state index in [1.54, 1.807) is 6.33 Å². The first-order valence-corrected chi connectivity index (χ1v) is 16.9. The number of nitrogen functional groups attached to an aromatic ring is 1. The molecule has 4 aromatic rings. The molecule has 0 radical (unpaired) electrons. The molecule has 3 saturated heterocycles. The maximum atomic E-state index is 9.60. The van der Waals surface area contributed by atoms with Gasteiger partial charge in [0.15, 0.2) is 5.65 Å². The van der Waals surface area contributed by atoms with Gasteiger partial charge in [-0.2, -0.15) is 5.10 Å². The molecule has 11 nitrogen and oxygen atoms in total. The molecule has 0 unspecified atom stereocenters. The molecule has 2 aromatic heterocycles. The zero-order chi connectivity index (χ0) is 32.8. The van der Waals surface area contributed by atoms with Crippen molar-refractivity contribution >= 4 is 23.3 Å². The van der Waals surface area contributed by atoms with Crippen LogP contribution in [0.1, 0.15) is 52.5 Å². The zero-order valence-corrected chi connectivity index (χ0v) is 27.8. The summed E-state index contributed by atoms with van der Waals surface area (Å²) >= 11 is 0. The van der Waals surface area contributed by atoms with Gasteiger partial charge in [-0.25, -0.2) is 14.6 Å². The number of nitrogens with one attached hydrogen (secondary N) is 1. The molecule has 3 aliphatic heterocycles. The van der Waals surface area contributed by atoms with Crippen LogP contribution < -0.4 is 15.8 Å². The second-order valence-electron chi connectivity index (χ2n) is 13.8. The molecule has 0 aliphatic carbocycles. The molecule has 0 bridgehead atoms. The van der Waals surface area contributed by atoms with Gasteiger partial charge in [-0.1, -0.05) is 18.2 Å². The van der Waals surface area contributed by atoms with E-state index in [1.165, 1.54) is 45.6 Å². The van der Waals surface area contributed by atoms with Gasteiger partial charge in [0.05, 0.1) is 11.4 Å². The number of benzene rings is 2. The quantitative estimate of drug-likeness (QED) is 0.250. The highest BCUT2D eigenvalue weighted by Crippen LogP contribution is 2.35. The van der Waals surface area contributed by atoms with Crippen molar-refractivity contribution in [2.75, 3.05) is 51.5 Å². The van der Waals surface area contributed by atoms with Crippen molar-refractivity contribution in [3.63, 3.8) is 0 Å². The smallest absolute Gasteiger partial charge is 0.293 e. The Balaban J connectivity index is 0.000000499. The van der Waals surface area contributed by atoms with Gasteiger partial charge in [0.1, 0.15) is 34.9 Å². The summed E-state index contributed by atoms with van der Waals surface area (Å²) in [5, 5.41) is 9.34. The van der Waals surface area contributed by atoms with E-state index in [4.69, 9.17) is 15.6 Å². The van der Waals surface area contributed by atoms with Gasteiger partial charge in [0.2, 0.25) is 0 Å². The third-order valence-electron chi connectivity index (χ3n) is 9.37. The van der Waals surface area contributed by atoms with E-state index in [9.17, 15) is 4.79 Å². The van der Waals surface area contributed by atoms with Crippen LogP contribution in [0.3, 0.4) is 0 Å². The van der Waals surface area contributed by atoms with Crippen molar-refractivity contribution in [1.29, 1.82) is 0 Å². The topological polar surface area (TPSA) is 124 Å². The first-order valence-electron chi connectivity index (χ1n) is 16.9. The average Bonchev–Trinajstić information content (AvgIpc) is 3.43. The summed E-state index contributed by atoms with van der Waals surface area (Å²) in [4.78, 5) is 23.9. The molecule has 0 saturated carbocycles. The number of ether oxygens (including phenoxy) is 2. The SMILES string of the molecule is CC(C)(C)OC=O.Nc1ncnc2c1c(-c1ccc(Oc3ccccc3)cc1)nn2C1CCN(CC2CCN(C3CNC3)CC2)CC1. The molecule has 5 heterocycles. The van der Waals surface area contributed by atoms with E-state index in [0.717, 1.165) is 71.7 Å². The van der Waals surface area contributed by atoms with Crippen LogP contribution in [0.2, 0.25) is 0 Å². The number of hydrogen-bond acceptors (Lipinski definition) is 10. The summed E-state index contributed by atoms with van der Waals surface area (Å²) in [6, 6.07) is 18.9. The lowest BCUT2D eigenvalue weighted by molar-refractivity contribution is -0.138. The number of aromatic nitrogens is 4. The van der Waals surface area contributed by atoms with Crippen LogP contribution in [0.4, 0.5) is 5.82 Å². The second-order valence-corrected chi connectivity index (χ2v) is 13.8. The number of piperidine rings is 2. The lowest BCUT2D eigenvalue weighted by Crippen LogP contribution is -2.59. The molecule has 3 fully saturated rings. The minimum atomic E-state index is -0.318. The van der Waals surface area contributed by atoms with Crippen molar-refractivity contribution < 1.29 is 14.3 Å². The van der Waals surface area contributed by atoms with E-state index in [-0.39, 0.29) is 5.60 Å². The van der Waals surface area contributed by atoms with Gasteiger partial charge in [-0.05, 0) is 102 Å². The van der Waals surface area contributed by atoms with Crippen LogP contribution in [0.5, 0.6) is 11.5 Å². The number of nitrogens with two attached hydrogens (primary N) is 1. The number of para-hydroxylation sites is 1. The van der Waals surface area contributed by atoms with E-state index in [0.29, 0.717) is 18.3 Å². The molecular weight excluding hydrogens is 592 g/mol. The minimum absolute atomic E-state index is 0.301. The largest absolute Gasteiger partial charge is 0.462 e. The Hall–Kier alpha value is -4.06.